The minimum absolute atomic E-state index is 0.0635. The number of hydrogen-bond acceptors (Lipinski definition) is 3. The highest BCUT2D eigenvalue weighted by molar-refractivity contribution is 5.84. The molecule has 10 heteroatoms. The van der Waals surface area contributed by atoms with Gasteiger partial charge in [-0.05, 0) is 6.42 Å². The molecule has 5 nitrogen and oxygen atoms in total. The van der Waals surface area contributed by atoms with E-state index >= 15 is 0 Å². The molecule has 1 aliphatic rings. The Morgan fingerprint density at radius 2 is 1.60 bits per heavy atom. The van der Waals surface area contributed by atoms with Crippen LogP contribution in [0.5, 0.6) is 0 Å². The van der Waals surface area contributed by atoms with Gasteiger partial charge in [0, 0.05) is 26.2 Å². The lowest BCUT2D eigenvalue weighted by Gasteiger charge is -2.27. The van der Waals surface area contributed by atoms with Crippen LogP contribution in [0.4, 0.5) is 22.0 Å². The van der Waals surface area contributed by atoms with Crippen molar-refractivity contribution in [1.29, 1.82) is 0 Å². The molecule has 0 aromatic rings. The molecular formula is C10H13F5N2O3. The molecule has 0 radical (unpaired) electrons. The maximum absolute atomic E-state index is 12.9. The molecule has 1 heterocycles. The van der Waals surface area contributed by atoms with Gasteiger partial charge in [0.2, 0.25) is 0 Å². The summed E-state index contributed by atoms with van der Waals surface area (Å²) in [6.45, 7) is -0.824. The van der Waals surface area contributed by atoms with E-state index in [1.54, 1.807) is 0 Å². The molecule has 0 spiro atoms. The van der Waals surface area contributed by atoms with Crippen molar-refractivity contribution in [3.05, 3.63) is 0 Å². The maximum atomic E-state index is 12.9. The third-order valence-corrected chi connectivity index (χ3v) is 2.86. The van der Waals surface area contributed by atoms with E-state index in [0.29, 0.717) is 4.90 Å². The Kier molecular flexibility index (Phi) is 4.90. The summed E-state index contributed by atoms with van der Waals surface area (Å²) < 4.78 is 62.2. The lowest BCUT2D eigenvalue weighted by atomic mass is 10.2. The van der Waals surface area contributed by atoms with Crippen molar-refractivity contribution in [2.75, 3.05) is 32.7 Å². The van der Waals surface area contributed by atoms with E-state index in [9.17, 15) is 31.5 Å². The normalized spacial score (nSPS) is 18.8. The van der Waals surface area contributed by atoms with E-state index in [2.05, 4.69) is 0 Å². The number of alkyl halides is 5. The number of carboxylic acids is 1. The van der Waals surface area contributed by atoms with Gasteiger partial charge < -0.3 is 10.0 Å². The number of carboxylic acid groups (broad SMARTS) is 1. The standard InChI is InChI=1S/C10H13F5N2O3/c11-9(12,10(13,14)15)8(20)17-3-1-2-16(4-5-17)6-7(18)19/h1-6H2,(H,18,19). The first-order chi connectivity index (χ1) is 9.05. The minimum Gasteiger partial charge on any atom is -0.480 e. The van der Waals surface area contributed by atoms with Crippen LogP contribution in [0.3, 0.4) is 0 Å². The van der Waals surface area contributed by atoms with E-state index in [4.69, 9.17) is 5.11 Å². The quantitative estimate of drug-likeness (QED) is 0.784. The average molecular weight is 304 g/mol. The molecule has 0 atom stereocenters. The molecule has 0 bridgehead atoms. The van der Waals surface area contributed by atoms with Gasteiger partial charge in [0.25, 0.3) is 0 Å². The molecular weight excluding hydrogens is 291 g/mol. The van der Waals surface area contributed by atoms with Gasteiger partial charge in [-0.2, -0.15) is 22.0 Å². The number of amides is 1. The predicted molar refractivity (Wildman–Crippen MR) is 56.3 cm³/mol. The number of halogens is 5. The van der Waals surface area contributed by atoms with Gasteiger partial charge in [-0.3, -0.25) is 14.5 Å². The molecule has 1 rings (SSSR count). The zero-order chi connectivity index (χ0) is 15.6. The summed E-state index contributed by atoms with van der Waals surface area (Å²) >= 11 is 0. The fourth-order valence-corrected chi connectivity index (χ4v) is 1.84. The second-order valence-corrected chi connectivity index (χ2v) is 4.39. The van der Waals surface area contributed by atoms with Gasteiger partial charge in [-0.1, -0.05) is 0 Å². The molecule has 116 valence electrons. The van der Waals surface area contributed by atoms with Gasteiger partial charge in [0.05, 0.1) is 6.54 Å². The van der Waals surface area contributed by atoms with Crippen LogP contribution in [0.15, 0.2) is 0 Å². The second-order valence-electron chi connectivity index (χ2n) is 4.39. The molecule has 20 heavy (non-hydrogen) atoms. The molecule has 1 amide bonds. The van der Waals surface area contributed by atoms with Crippen molar-refractivity contribution in [3.63, 3.8) is 0 Å². The topological polar surface area (TPSA) is 60.9 Å². The first-order valence-electron chi connectivity index (χ1n) is 5.74. The van der Waals surface area contributed by atoms with Crippen LogP contribution in [0.25, 0.3) is 0 Å². The summed E-state index contributed by atoms with van der Waals surface area (Å²) in [5.41, 5.74) is 0. The number of rotatable bonds is 3. The van der Waals surface area contributed by atoms with E-state index in [1.165, 1.54) is 4.90 Å². The van der Waals surface area contributed by atoms with Crippen LogP contribution in [-0.4, -0.2) is 71.6 Å². The van der Waals surface area contributed by atoms with Crippen molar-refractivity contribution >= 4 is 11.9 Å². The Hall–Kier alpha value is -1.45. The van der Waals surface area contributed by atoms with Gasteiger partial charge in [0.1, 0.15) is 0 Å². The van der Waals surface area contributed by atoms with Crippen LogP contribution in [-0.2, 0) is 9.59 Å². The van der Waals surface area contributed by atoms with Gasteiger partial charge in [0.15, 0.2) is 0 Å². The van der Waals surface area contributed by atoms with Gasteiger partial charge in [-0.25, -0.2) is 0 Å². The Labute approximate surface area is 110 Å². The first-order valence-corrected chi connectivity index (χ1v) is 5.74. The lowest BCUT2D eigenvalue weighted by molar-refractivity contribution is -0.274. The summed E-state index contributed by atoms with van der Waals surface area (Å²) in [5, 5.41) is 8.58. The maximum Gasteiger partial charge on any atom is 0.463 e. The number of nitrogens with zero attached hydrogens (tertiary/aromatic N) is 2. The monoisotopic (exact) mass is 304 g/mol. The van der Waals surface area contributed by atoms with Crippen LogP contribution < -0.4 is 0 Å². The highest BCUT2D eigenvalue weighted by Gasteiger charge is 2.64. The van der Waals surface area contributed by atoms with Crippen LogP contribution >= 0.6 is 0 Å². The van der Waals surface area contributed by atoms with Crippen LogP contribution in [0.1, 0.15) is 6.42 Å². The molecule has 0 aliphatic carbocycles. The summed E-state index contributed by atoms with van der Waals surface area (Å²) in [7, 11) is 0. The van der Waals surface area contributed by atoms with Crippen molar-refractivity contribution in [2.45, 2.75) is 18.5 Å². The molecule has 1 aliphatic heterocycles. The van der Waals surface area contributed by atoms with E-state index in [1.807, 2.05) is 0 Å². The SMILES string of the molecule is O=C(O)CN1CCCN(C(=O)C(F)(F)C(F)(F)F)CC1. The van der Waals surface area contributed by atoms with E-state index in [0.717, 1.165) is 0 Å². The zero-order valence-corrected chi connectivity index (χ0v) is 10.3. The Bertz CT molecular complexity index is 386. The third kappa shape index (κ3) is 3.78. The number of carbonyl (C=O) groups excluding carboxylic acids is 1. The smallest absolute Gasteiger partial charge is 0.463 e. The summed E-state index contributed by atoms with van der Waals surface area (Å²) in [6, 6.07) is 0. The Morgan fingerprint density at radius 3 is 2.10 bits per heavy atom. The summed E-state index contributed by atoms with van der Waals surface area (Å²) in [6.07, 6.45) is -5.80. The molecule has 0 unspecified atom stereocenters. The number of carbonyl (C=O) groups is 2. The van der Waals surface area contributed by atoms with E-state index < -0.39 is 24.0 Å². The fourth-order valence-electron chi connectivity index (χ4n) is 1.84. The number of hydrogen-bond donors (Lipinski definition) is 1. The predicted octanol–water partition coefficient (Wildman–Crippen LogP) is 0.803. The highest BCUT2D eigenvalue weighted by atomic mass is 19.4. The fraction of sp³-hybridized carbons (Fsp3) is 0.800. The van der Waals surface area contributed by atoms with Crippen molar-refractivity contribution < 1.29 is 36.6 Å². The largest absolute Gasteiger partial charge is 0.480 e. The molecule has 0 aromatic carbocycles. The molecule has 0 saturated carbocycles. The van der Waals surface area contributed by atoms with Crippen LogP contribution in [0, 0.1) is 0 Å². The van der Waals surface area contributed by atoms with E-state index in [-0.39, 0.29) is 39.1 Å². The molecule has 1 fully saturated rings. The second kappa shape index (κ2) is 5.90. The van der Waals surface area contributed by atoms with Crippen molar-refractivity contribution in [2.24, 2.45) is 0 Å². The average Bonchev–Trinajstić information content (AvgIpc) is 2.51. The molecule has 1 saturated heterocycles. The lowest BCUT2D eigenvalue weighted by Crippen LogP contribution is -2.52. The Balaban J connectivity index is 2.70. The third-order valence-electron chi connectivity index (χ3n) is 2.86. The summed E-state index contributed by atoms with van der Waals surface area (Å²) in [5.74, 6) is -8.85. The van der Waals surface area contributed by atoms with Gasteiger partial charge in [-0.15, -0.1) is 0 Å². The highest BCUT2D eigenvalue weighted by Crippen LogP contribution is 2.37. The summed E-state index contributed by atoms with van der Waals surface area (Å²) in [4.78, 5) is 23.6. The van der Waals surface area contributed by atoms with Gasteiger partial charge >= 0.3 is 24.0 Å². The van der Waals surface area contributed by atoms with Crippen molar-refractivity contribution in [3.8, 4) is 0 Å². The first kappa shape index (κ1) is 16.6. The van der Waals surface area contributed by atoms with Crippen LogP contribution in [0.2, 0.25) is 0 Å². The molecule has 1 N–H and O–H groups in total. The zero-order valence-electron chi connectivity index (χ0n) is 10.3. The Morgan fingerprint density at radius 1 is 1.00 bits per heavy atom. The number of aliphatic carboxylic acids is 1. The van der Waals surface area contributed by atoms with Crippen molar-refractivity contribution in [1.82, 2.24) is 9.80 Å². The molecule has 0 aromatic heterocycles. The minimum atomic E-state index is -5.93.